The molecule has 1 rings (SSSR count). The van der Waals surface area contributed by atoms with Crippen LogP contribution in [0, 0.1) is 0 Å². The Kier molecular flexibility index (Phi) is 3.82. The molecule has 0 aliphatic carbocycles. The molecule has 0 fully saturated rings. The molecule has 1 heterocycles. The lowest BCUT2D eigenvalue weighted by molar-refractivity contribution is 0.347. The molecule has 0 aliphatic rings. The Morgan fingerprint density at radius 2 is 2.07 bits per heavy atom. The van der Waals surface area contributed by atoms with E-state index in [4.69, 9.17) is 0 Å². The van der Waals surface area contributed by atoms with Crippen molar-refractivity contribution in [2.24, 2.45) is 0 Å². The molecular weight excluding hydrogens is 212 g/mol. The zero-order valence-electron chi connectivity index (χ0n) is 9.21. The number of aromatic nitrogens is 1. The number of hydrogen-bond donors (Lipinski definition) is 0. The highest BCUT2D eigenvalue weighted by Gasteiger charge is 2.20. The Morgan fingerprint density at radius 1 is 1.40 bits per heavy atom. The maximum Gasteiger partial charge on any atom is 0.211 e. The van der Waals surface area contributed by atoms with E-state index in [0.717, 1.165) is 5.69 Å². The molecular formula is C10H16N2O2S. The zero-order chi connectivity index (χ0) is 11.5. The van der Waals surface area contributed by atoms with Gasteiger partial charge in [0.25, 0.3) is 0 Å². The van der Waals surface area contributed by atoms with E-state index < -0.39 is 10.0 Å². The number of hydrogen-bond acceptors (Lipinski definition) is 3. The van der Waals surface area contributed by atoms with Crippen molar-refractivity contribution in [3.8, 4) is 0 Å². The summed E-state index contributed by atoms with van der Waals surface area (Å²) in [4.78, 5) is 4.11. The Hall–Kier alpha value is -0.940. The summed E-state index contributed by atoms with van der Waals surface area (Å²) >= 11 is 0. The summed E-state index contributed by atoms with van der Waals surface area (Å²) in [5.74, 6) is 0. The highest BCUT2D eigenvalue weighted by Crippen LogP contribution is 2.09. The molecule has 5 heteroatoms. The fourth-order valence-electron chi connectivity index (χ4n) is 1.33. The van der Waals surface area contributed by atoms with Crippen LogP contribution in [0.15, 0.2) is 24.4 Å². The summed E-state index contributed by atoms with van der Waals surface area (Å²) in [7, 11) is -3.17. The molecule has 0 aromatic carbocycles. The third kappa shape index (κ3) is 3.60. The number of pyridine rings is 1. The monoisotopic (exact) mass is 228 g/mol. The Morgan fingerprint density at radius 3 is 2.47 bits per heavy atom. The maximum atomic E-state index is 11.5. The van der Waals surface area contributed by atoms with Crippen molar-refractivity contribution < 1.29 is 8.42 Å². The highest BCUT2D eigenvalue weighted by molar-refractivity contribution is 7.88. The molecule has 84 valence electrons. The van der Waals surface area contributed by atoms with Crippen molar-refractivity contribution in [3.05, 3.63) is 30.1 Å². The molecule has 0 radical (unpaired) electrons. The largest absolute Gasteiger partial charge is 0.260 e. The van der Waals surface area contributed by atoms with Crippen molar-refractivity contribution in [3.63, 3.8) is 0 Å². The Balaban J connectivity index is 2.87. The van der Waals surface area contributed by atoms with Crippen molar-refractivity contribution in [1.29, 1.82) is 0 Å². The predicted octanol–water partition coefficient (Wildman–Crippen LogP) is 1.25. The van der Waals surface area contributed by atoms with E-state index in [-0.39, 0.29) is 6.04 Å². The van der Waals surface area contributed by atoms with Gasteiger partial charge in [0.2, 0.25) is 10.0 Å². The summed E-state index contributed by atoms with van der Waals surface area (Å²) < 4.78 is 24.4. The van der Waals surface area contributed by atoms with E-state index in [2.05, 4.69) is 4.98 Å². The van der Waals surface area contributed by atoms with Gasteiger partial charge in [0.15, 0.2) is 0 Å². The third-order valence-electron chi connectivity index (χ3n) is 2.05. The topological polar surface area (TPSA) is 50.3 Å². The molecule has 0 saturated carbocycles. The van der Waals surface area contributed by atoms with E-state index in [9.17, 15) is 8.42 Å². The lowest BCUT2D eigenvalue weighted by Gasteiger charge is -2.23. The van der Waals surface area contributed by atoms with E-state index in [1.807, 2.05) is 32.0 Å². The molecule has 0 bridgehead atoms. The molecule has 0 amide bonds. The van der Waals surface area contributed by atoms with Crippen LogP contribution in [0.25, 0.3) is 0 Å². The van der Waals surface area contributed by atoms with Gasteiger partial charge in [0.1, 0.15) is 0 Å². The molecule has 1 aromatic heterocycles. The first-order chi connectivity index (χ1) is 6.91. The van der Waals surface area contributed by atoms with Gasteiger partial charge >= 0.3 is 0 Å². The minimum absolute atomic E-state index is 0.0537. The van der Waals surface area contributed by atoms with Gasteiger partial charge in [-0.3, -0.25) is 4.98 Å². The van der Waals surface area contributed by atoms with Crippen LogP contribution in [0.4, 0.5) is 0 Å². The minimum Gasteiger partial charge on any atom is -0.260 e. The fraction of sp³-hybridized carbons (Fsp3) is 0.500. The van der Waals surface area contributed by atoms with Crippen LogP contribution in [0.5, 0.6) is 0 Å². The highest BCUT2D eigenvalue weighted by atomic mass is 32.2. The smallest absolute Gasteiger partial charge is 0.211 e. The van der Waals surface area contributed by atoms with E-state index >= 15 is 0 Å². The normalized spacial score (nSPS) is 12.3. The van der Waals surface area contributed by atoms with Crippen LogP contribution in [0.3, 0.4) is 0 Å². The average Bonchev–Trinajstić information content (AvgIpc) is 2.13. The number of nitrogens with zero attached hydrogens (tertiary/aromatic N) is 2. The first-order valence-corrected chi connectivity index (χ1v) is 6.63. The Labute approximate surface area is 91.0 Å². The summed E-state index contributed by atoms with van der Waals surface area (Å²) in [6, 6.07) is 5.43. The molecule has 0 aliphatic heterocycles. The second-order valence-electron chi connectivity index (χ2n) is 3.72. The molecule has 0 N–H and O–H groups in total. The second kappa shape index (κ2) is 4.72. The molecule has 0 atom stereocenters. The van der Waals surface area contributed by atoms with Crippen LogP contribution in [-0.2, 0) is 16.6 Å². The van der Waals surface area contributed by atoms with Crippen molar-refractivity contribution in [1.82, 2.24) is 9.29 Å². The fourth-order valence-corrected chi connectivity index (χ4v) is 2.47. The van der Waals surface area contributed by atoms with Crippen molar-refractivity contribution >= 4 is 10.0 Å². The van der Waals surface area contributed by atoms with Gasteiger partial charge in [-0.1, -0.05) is 6.07 Å². The molecule has 0 unspecified atom stereocenters. The molecule has 0 saturated heterocycles. The van der Waals surface area contributed by atoms with Crippen LogP contribution < -0.4 is 0 Å². The number of rotatable bonds is 4. The zero-order valence-corrected chi connectivity index (χ0v) is 10.0. The summed E-state index contributed by atoms with van der Waals surface area (Å²) in [5, 5.41) is 0. The van der Waals surface area contributed by atoms with Crippen LogP contribution in [0.1, 0.15) is 19.5 Å². The van der Waals surface area contributed by atoms with Crippen LogP contribution >= 0.6 is 0 Å². The SMILES string of the molecule is CC(C)N(Cc1ccccn1)S(C)(=O)=O. The second-order valence-corrected chi connectivity index (χ2v) is 5.66. The van der Waals surface area contributed by atoms with Gasteiger partial charge in [0, 0.05) is 12.2 Å². The molecule has 0 spiro atoms. The van der Waals surface area contributed by atoms with E-state index in [1.165, 1.54) is 10.6 Å². The van der Waals surface area contributed by atoms with Gasteiger partial charge < -0.3 is 0 Å². The van der Waals surface area contributed by atoms with Gasteiger partial charge in [-0.2, -0.15) is 4.31 Å². The van der Waals surface area contributed by atoms with Gasteiger partial charge in [-0.15, -0.1) is 0 Å². The van der Waals surface area contributed by atoms with Crippen LogP contribution in [0.2, 0.25) is 0 Å². The predicted molar refractivity (Wildman–Crippen MR) is 59.8 cm³/mol. The maximum absolute atomic E-state index is 11.5. The Bertz CT molecular complexity index is 401. The van der Waals surface area contributed by atoms with Crippen molar-refractivity contribution in [2.45, 2.75) is 26.4 Å². The average molecular weight is 228 g/mol. The first kappa shape index (κ1) is 12.1. The standard InChI is InChI=1S/C10H16N2O2S/c1-9(2)12(15(3,13)14)8-10-6-4-5-7-11-10/h4-7,9H,8H2,1-3H3. The third-order valence-corrected chi connectivity index (χ3v) is 3.45. The lowest BCUT2D eigenvalue weighted by Crippen LogP contribution is -2.35. The van der Waals surface area contributed by atoms with Gasteiger partial charge in [-0.05, 0) is 26.0 Å². The van der Waals surface area contributed by atoms with Gasteiger partial charge in [-0.25, -0.2) is 8.42 Å². The van der Waals surface area contributed by atoms with E-state index in [0.29, 0.717) is 6.54 Å². The minimum atomic E-state index is -3.17. The number of sulfonamides is 1. The molecule has 15 heavy (non-hydrogen) atoms. The van der Waals surface area contributed by atoms with Crippen molar-refractivity contribution in [2.75, 3.05) is 6.26 Å². The summed E-state index contributed by atoms with van der Waals surface area (Å²) in [5.41, 5.74) is 0.761. The van der Waals surface area contributed by atoms with E-state index in [1.54, 1.807) is 6.20 Å². The molecule has 4 nitrogen and oxygen atoms in total. The quantitative estimate of drug-likeness (QED) is 0.779. The summed E-state index contributed by atoms with van der Waals surface area (Å²) in [6.45, 7) is 4.03. The lowest BCUT2D eigenvalue weighted by atomic mass is 10.3. The van der Waals surface area contributed by atoms with Gasteiger partial charge in [0.05, 0.1) is 18.5 Å². The first-order valence-electron chi connectivity index (χ1n) is 4.78. The summed E-state index contributed by atoms with van der Waals surface area (Å²) in [6.07, 6.45) is 2.88. The van der Waals surface area contributed by atoms with Crippen LogP contribution in [-0.4, -0.2) is 30.0 Å². The molecule has 1 aromatic rings.